The zero-order valence-electron chi connectivity index (χ0n) is 8.49. The number of amides is 1. The van der Waals surface area contributed by atoms with E-state index in [1.165, 1.54) is 6.26 Å². The Labute approximate surface area is 88.2 Å². The second kappa shape index (κ2) is 5.83. The normalized spacial score (nSPS) is 11.7. The molecule has 0 aromatic carbocycles. The van der Waals surface area contributed by atoms with Gasteiger partial charge in [0.25, 0.3) is 0 Å². The molecular weight excluding hydrogens is 194 g/mol. The van der Waals surface area contributed by atoms with Gasteiger partial charge in [-0.15, -0.1) is 6.42 Å². The fraction of sp³-hybridized carbons (Fsp3) is 0.400. The van der Waals surface area contributed by atoms with Crippen LogP contribution in [0.15, 0.2) is 16.9 Å². The van der Waals surface area contributed by atoms with Crippen LogP contribution in [0, 0.1) is 12.3 Å². The minimum atomic E-state index is -0.310. The van der Waals surface area contributed by atoms with Crippen molar-refractivity contribution in [1.29, 1.82) is 0 Å². The largest absolute Gasteiger partial charge is 0.364 e. The molecule has 0 aliphatic heterocycles. The highest BCUT2D eigenvalue weighted by molar-refractivity contribution is 5.81. The summed E-state index contributed by atoms with van der Waals surface area (Å²) in [6, 6.07) is 1.43. The Morgan fingerprint density at radius 1 is 1.80 bits per heavy atom. The summed E-state index contributed by atoms with van der Waals surface area (Å²) in [5.74, 6) is 2.21. The van der Waals surface area contributed by atoms with Crippen LogP contribution in [0.1, 0.15) is 12.6 Å². The van der Waals surface area contributed by atoms with Gasteiger partial charge in [0.2, 0.25) is 5.91 Å². The van der Waals surface area contributed by atoms with Gasteiger partial charge >= 0.3 is 0 Å². The summed E-state index contributed by atoms with van der Waals surface area (Å²) in [4.78, 5) is 11.3. The standard InChI is InChI=1S/C10H13N3O2/c1-3-5-11-10(14)8(2)12-7-9-4-6-15-13-9/h1,4,6,8,12H,5,7H2,2H3,(H,11,14). The molecule has 1 unspecified atom stereocenters. The molecule has 1 rings (SSSR count). The maximum atomic E-state index is 11.3. The summed E-state index contributed by atoms with van der Waals surface area (Å²) in [7, 11) is 0. The maximum Gasteiger partial charge on any atom is 0.237 e. The summed E-state index contributed by atoms with van der Waals surface area (Å²) in [5.41, 5.74) is 0.756. The van der Waals surface area contributed by atoms with Crippen LogP contribution in [0.5, 0.6) is 0 Å². The van der Waals surface area contributed by atoms with E-state index in [1.807, 2.05) is 0 Å². The smallest absolute Gasteiger partial charge is 0.237 e. The molecule has 0 spiro atoms. The third-order valence-corrected chi connectivity index (χ3v) is 1.84. The fourth-order valence-corrected chi connectivity index (χ4v) is 0.970. The first kappa shape index (κ1) is 11.3. The van der Waals surface area contributed by atoms with Crippen LogP contribution in [0.25, 0.3) is 0 Å². The molecule has 0 aliphatic carbocycles. The van der Waals surface area contributed by atoms with Crippen LogP contribution < -0.4 is 10.6 Å². The van der Waals surface area contributed by atoms with Crippen molar-refractivity contribution in [3.05, 3.63) is 18.0 Å². The van der Waals surface area contributed by atoms with Crippen LogP contribution in [0.2, 0.25) is 0 Å². The van der Waals surface area contributed by atoms with Crippen LogP contribution >= 0.6 is 0 Å². The first-order chi connectivity index (χ1) is 7.24. The van der Waals surface area contributed by atoms with Crippen molar-refractivity contribution in [3.63, 3.8) is 0 Å². The number of terminal acetylenes is 1. The van der Waals surface area contributed by atoms with Crippen molar-refractivity contribution < 1.29 is 9.32 Å². The van der Waals surface area contributed by atoms with E-state index in [4.69, 9.17) is 6.42 Å². The zero-order chi connectivity index (χ0) is 11.1. The van der Waals surface area contributed by atoms with Gasteiger partial charge in [0.15, 0.2) is 0 Å². The van der Waals surface area contributed by atoms with Gasteiger partial charge in [0, 0.05) is 12.6 Å². The average molecular weight is 207 g/mol. The highest BCUT2D eigenvalue weighted by Gasteiger charge is 2.11. The van der Waals surface area contributed by atoms with Gasteiger partial charge in [-0.25, -0.2) is 0 Å². The first-order valence-corrected chi connectivity index (χ1v) is 4.58. The lowest BCUT2D eigenvalue weighted by Crippen LogP contribution is -2.41. The molecule has 2 N–H and O–H groups in total. The van der Waals surface area contributed by atoms with E-state index in [1.54, 1.807) is 13.0 Å². The Morgan fingerprint density at radius 2 is 2.60 bits per heavy atom. The van der Waals surface area contributed by atoms with Crippen molar-refractivity contribution in [2.45, 2.75) is 19.5 Å². The Bertz CT molecular complexity index is 340. The minimum absolute atomic E-state index is 0.128. The monoisotopic (exact) mass is 207 g/mol. The maximum absolute atomic E-state index is 11.3. The number of aromatic nitrogens is 1. The van der Waals surface area contributed by atoms with Crippen LogP contribution in [-0.4, -0.2) is 23.7 Å². The molecule has 0 saturated carbocycles. The third kappa shape index (κ3) is 3.83. The predicted octanol–water partition coefficient (Wildman–Crippen LogP) is -0.0979. The van der Waals surface area contributed by atoms with Crippen molar-refractivity contribution in [2.24, 2.45) is 0 Å². The third-order valence-electron chi connectivity index (χ3n) is 1.84. The quantitative estimate of drug-likeness (QED) is 0.662. The van der Waals surface area contributed by atoms with Gasteiger partial charge in [-0.3, -0.25) is 4.79 Å². The van der Waals surface area contributed by atoms with E-state index in [-0.39, 0.29) is 18.5 Å². The number of rotatable bonds is 5. The highest BCUT2D eigenvalue weighted by Crippen LogP contribution is 1.94. The van der Waals surface area contributed by atoms with Crippen molar-refractivity contribution in [3.8, 4) is 12.3 Å². The molecule has 0 saturated heterocycles. The SMILES string of the molecule is C#CCNC(=O)C(C)NCc1ccon1. The topological polar surface area (TPSA) is 67.2 Å². The number of hydrogen-bond donors (Lipinski definition) is 2. The lowest BCUT2D eigenvalue weighted by molar-refractivity contribution is -0.122. The summed E-state index contributed by atoms with van der Waals surface area (Å²) < 4.78 is 4.66. The molecule has 5 heteroatoms. The van der Waals surface area contributed by atoms with Gasteiger partial charge in [-0.1, -0.05) is 11.1 Å². The Morgan fingerprint density at radius 3 is 3.20 bits per heavy atom. The van der Waals surface area contributed by atoms with Crippen molar-refractivity contribution in [1.82, 2.24) is 15.8 Å². The van der Waals surface area contributed by atoms with E-state index in [9.17, 15) is 4.79 Å². The minimum Gasteiger partial charge on any atom is -0.364 e. The number of carbonyl (C=O) groups excluding carboxylic acids is 1. The van der Waals surface area contributed by atoms with Gasteiger partial charge in [0.05, 0.1) is 18.3 Å². The van der Waals surface area contributed by atoms with Crippen LogP contribution in [0.3, 0.4) is 0 Å². The number of hydrogen-bond acceptors (Lipinski definition) is 4. The molecular formula is C10H13N3O2. The zero-order valence-corrected chi connectivity index (χ0v) is 8.49. The summed E-state index contributed by atoms with van der Waals surface area (Å²) >= 11 is 0. The molecule has 1 aromatic rings. The molecule has 1 atom stereocenters. The summed E-state index contributed by atoms with van der Waals surface area (Å²) in [6.07, 6.45) is 6.51. The molecule has 0 fully saturated rings. The molecule has 1 aromatic heterocycles. The first-order valence-electron chi connectivity index (χ1n) is 4.58. The molecule has 1 amide bonds. The van der Waals surface area contributed by atoms with Crippen LogP contribution in [-0.2, 0) is 11.3 Å². The molecule has 0 aliphatic rings. The Kier molecular flexibility index (Phi) is 4.38. The predicted molar refractivity (Wildman–Crippen MR) is 54.6 cm³/mol. The number of nitrogens with zero attached hydrogens (tertiary/aromatic N) is 1. The second-order valence-corrected chi connectivity index (χ2v) is 3.02. The molecule has 0 radical (unpaired) electrons. The number of carbonyl (C=O) groups is 1. The fourth-order valence-electron chi connectivity index (χ4n) is 0.970. The molecule has 5 nitrogen and oxygen atoms in total. The summed E-state index contributed by atoms with van der Waals surface area (Å²) in [6.45, 7) is 2.49. The van der Waals surface area contributed by atoms with Gasteiger partial charge < -0.3 is 15.2 Å². The van der Waals surface area contributed by atoms with Gasteiger partial charge in [0.1, 0.15) is 6.26 Å². The lowest BCUT2D eigenvalue weighted by Gasteiger charge is -2.11. The van der Waals surface area contributed by atoms with E-state index in [2.05, 4.69) is 26.2 Å². The molecule has 0 bridgehead atoms. The molecule has 15 heavy (non-hydrogen) atoms. The Balaban J connectivity index is 2.27. The van der Waals surface area contributed by atoms with E-state index >= 15 is 0 Å². The van der Waals surface area contributed by atoms with E-state index in [0.29, 0.717) is 6.54 Å². The molecule has 80 valence electrons. The van der Waals surface area contributed by atoms with Crippen molar-refractivity contribution >= 4 is 5.91 Å². The number of nitrogens with one attached hydrogen (secondary N) is 2. The van der Waals surface area contributed by atoms with E-state index in [0.717, 1.165) is 5.69 Å². The second-order valence-electron chi connectivity index (χ2n) is 3.02. The van der Waals surface area contributed by atoms with E-state index < -0.39 is 0 Å². The van der Waals surface area contributed by atoms with Crippen LogP contribution in [0.4, 0.5) is 0 Å². The van der Waals surface area contributed by atoms with Crippen molar-refractivity contribution in [2.75, 3.05) is 6.54 Å². The van der Waals surface area contributed by atoms with Gasteiger partial charge in [-0.05, 0) is 6.92 Å². The Hall–Kier alpha value is -1.80. The van der Waals surface area contributed by atoms with Gasteiger partial charge in [-0.2, -0.15) is 0 Å². The average Bonchev–Trinajstić information content (AvgIpc) is 2.75. The molecule has 1 heterocycles. The summed E-state index contributed by atoms with van der Waals surface area (Å²) in [5, 5.41) is 9.28. The lowest BCUT2D eigenvalue weighted by atomic mass is 10.3. The highest BCUT2D eigenvalue weighted by atomic mass is 16.5.